The number of hydrazine groups is 1. The van der Waals surface area contributed by atoms with Crippen LogP contribution in [0.25, 0.3) is 33.3 Å². The van der Waals surface area contributed by atoms with Crippen molar-refractivity contribution in [3.63, 3.8) is 0 Å². The first-order valence-corrected chi connectivity index (χ1v) is 27.7. The van der Waals surface area contributed by atoms with Gasteiger partial charge in [-0.3, -0.25) is 34.1 Å². The first-order chi connectivity index (χ1) is 35.7. The lowest BCUT2D eigenvalue weighted by Crippen LogP contribution is -2.62. The Kier molecular flexibility index (Phi) is 14.0. The molecule has 7 aliphatic rings. The minimum atomic E-state index is -1.03. The number of fused-ring (bicyclic) bond motifs is 8. The lowest BCUT2D eigenvalue weighted by Gasteiger charge is -2.38. The van der Waals surface area contributed by atoms with Crippen LogP contribution in [-0.2, 0) is 48.0 Å². The number of carbonyl (C=O) groups excluding carboxylic acids is 4. The smallest absolute Gasteiger partial charge is 0.324 e. The van der Waals surface area contributed by atoms with Gasteiger partial charge in [-0.15, -0.1) is 0 Å². The predicted octanol–water partition coefficient (Wildman–Crippen LogP) is 6.27. The summed E-state index contributed by atoms with van der Waals surface area (Å²) >= 11 is 0. The summed E-state index contributed by atoms with van der Waals surface area (Å²) in [7, 11) is 3.48. The number of aryl methyl sites for hydroxylation is 1. The molecule has 16 heteroatoms. The maximum Gasteiger partial charge on any atom is 0.324 e. The fraction of sp³-hybridized carbons (Fsp3) is 0.603. The van der Waals surface area contributed by atoms with Gasteiger partial charge < -0.3 is 39.2 Å². The van der Waals surface area contributed by atoms with Crippen molar-refractivity contribution >= 4 is 40.3 Å². The molecule has 2 saturated carbocycles. The Hall–Kier alpha value is -5.55. The predicted molar refractivity (Wildman–Crippen MR) is 284 cm³/mol. The van der Waals surface area contributed by atoms with Gasteiger partial charge in [0.05, 0.1) is 47.9 Å². The number of ether oxygens (including phenoxy) is 3. The van der Waals surface area contributed by atoms with Crippen LogP contribution in [0.2, 0.25) is 0 Å². The number of carbonyl (C=O) groups is 4. The van der Waals surface area contributed by atoms with Crippen molar-refractivity contribution in [2.24, 2.45) is 23.2 Å². The van der Waals surface area contributed by atoms with E-state index in [1.165, 1.54) is 17.9 Å². The van der Waals surface area contributed by atoms with Gasteiger partial charge in [0.15, 0.2) is 0 Å². The van der Waals surface area contributed by atoms with Crippen molar-refractivity contribution in [3.05, 3.63) is 65.5 Å². The maximum atomic E-state index is 15.0. The standard InChI is InChI=1S/C58H77N9O7/c1-8-66-50-16-13-38-28-44(50)46(53(66)45-29-41(31-60-51(45)35(3)72-7)65-22-20-64(21-23-65)40-14-15-40)30-58(4,5)33-74-57(71)47-10-9-19-67(62-47)56(70)48-26-36-24-39(38)27-42(25-36)73-32-49-43(17-18-59-49)55(69)63(6)52(54(68)61-48)34(2)37-11-12-37/h13,16,24-25,27-29,31,34-35,37,40,43,47-49,52,59,62H,8-12,14-15,17-23,26,30,32-33H2,1-7H3,(H,61,68)/t34-,35+,43+,47+,48+,49-,52+/m1/s1. The third-order valence-corrected chi connectivity index (χ3v) is 17.5. The Bertz CT molecular complexity index is 2800. The van der Waals surface area contributed by atoms with Gasteiger partial charge in [0.1, 0.15) is 30.5 Å². The van der Waals surface area contributed by atoms with Gasteiger partial charge in [0.25, 0.3) is 5.91 Å². The number of methoxy groups -OCH3 is 1. The molecule has 5 aliphatic heterocycles. The molecule has 2 aromatic carbocycles. The average Bonchev–Trinajstić information content (AvgIpc) is 4.36. The van der Waals surface area contributed by atoms with Crippen LogP contribution < -0.4 is 25.7 Å². The molecule has 16 nitrogen and oxygen atoms in total. The highest BCUT2D eigenvalue weighted by atomic mass is 16.5. The first kappa shape index (κ1) is 50.6. The molecule has 11 rings (SSSR count). The van der Waals surface area contributed by atoms with Crippen LogP contribution in [0.1, 0.15) is 102 Å². The molecule has 396 valence electrons. The third kappa shape index (κ3) is 10.0. The van der Waals surface area contributed by atoms with E-state index in [1.54, 1.807) is 19.1 Å². The number of esters is 1. The third-order valence-electron chi connectivity index (χ3n) is 17.5. The number of amides is 3. The fourth-order valence-electron chi connectivity index (χ4n) is 12.9. The minimum Gasteiger partial charge on any atom is -0.492 e. The lowest BCUT2D eigenvalue weighted by atomic mass is 9.84. The Morgan fingerprint density at radius 2 is 1.68 bits per heavy atom. The average molecular weight is 1010 g/mol. The topological polar surface area (TPSA) is 163 Å². The molecule has 3 saturated heterocycles. The van der Waals surface area contributed by atoms with Gasteiger partial charge >= 0.3 is 5.97 Å². The number of benzene rings is 2. The number of hydrogen-bond acceptors (Lipinski definition) is 12. The molecule has 74 heavy (non-hydrogen) atoms. The van der Waals surface area contributed by atoms with Crippen LogP contribution in [0.3, 0.4) is 0 Å². The summed E-state index contributed by atoms with van der Waals surface area (Å²) in [5.74, 6) is -0.820. The Morgan fingerprint density at radius 3 is 2.42 bits per heavy atom. The van der Waals surface area contributed by atoms with Crippen molar-refractivity contribution in [3.8, 4) is 28.1 Å². The van der Waals surface area contributed by atoms with E-state index < -0.39 is 29.5 Å². The van der Waals surface area contributed by atoms with E-state index in [0.29, 0.717) is 57.0 Å². The number of pyridine rings is 1. The number of nitrogens with zero attached hydrogens (tertiary/aromatic N) is 6. The fourth-order valence-corrected chi connectivity index (χ4v) is 12.9. The number of rotatable bonds is 8. The summed E-state index contributed by atoms with van der Waals surface area (Å²) in [6, 6.07) is 13.0. The van der Waals surface area contributed by atoms with Gasteiger partial charge in [-0.1, -0.05) is 32.9 Å². The van der Waals surface area contributed by atoms with Crippen molar-refractivity contribution in [1.82, 2.24) is 40.4 Å². The van der Waals surface area contributed by atoms with Crippen LogP contribution in [0.4, 0.5) is 5.69 Å². The van der Waals surface area contributed by atoms with Gasteiger partial charge in [0.2, 0.25) is 11.8 Å². The van der Waals surface area contributed by atoms with E-state index in [-0.39, 0.29) is 61.3 Å². The highest BCUT2D eigenvalue weighted by Crippen LogP contribution is 2.44. The maximum absolute atomic E-state index is 15.0. The van der Waals surface area contributed by atoms with Crippen molar-refractivity contribution < 1.29 is 33.4 Å². The first-order valence-electron chi connectivity index (χ1n) is 27.7. The molecule has 3 N–H and O–H groups in total. The Balaban J connectivity index is 1.07. The quantitative estimate of drug-likeness (QED) is 0.170. The van der Waals surface area contributed by atoms with Gasteiger partial charge in [0, 0.05) is 87.8 Å². The molecule has 3 amide bonds. The second-order valence-corrected chi connectivity index (χ2v) is 23.3. The van der Waals surface area contributed by atoms with Gasteiger partial charge in [-0.2, -0.15) is 0 Å². The Labute approximate surface area is 436 Å². The molecule has 2 aliphatic carbocycles. The highest BCUT2D eigenvalue weighted by molar-refractivity contribution is 5.96. The number of nitrogens with one attached hydrogen (secondary N) is 3. The minimum absolute atomic E-state index is 0.102. The molecule has 2 aromatic heterocycles. The zero-order valence-electron chi connectivity index (χ0n) is 44.6. The zero-order chi connectivity index (χ0) is 51.6. The summed E-state index contributed by atoms with van der Waals surface area (Å²) in [6.07, 6.45) is 8.73. The van der Waals surface area contributed by atoms with Crippen LogP contribution in [0.5, 0.6) is 5.75 Å². The molecule has 8 bridgehead atoms. The van der Waals surface area contributed by atoms with Crippen molar-refractivity contribution in [2.75, 3.05) is 71.5 Å². The zero-order valence-corrected chi connectivity index (χ0v) is 44.6. The van der Waals surface area contributed by atoms with Crippen molar-refractivity contribution in [1.29, 1.82) is 0 Å². The van der Waals surface area contributed by atoms with E-state index >= 15 is 4.79 Å². The summed E-state index contributed by atoms with van der Waals surface area (Å²) in [5.41, 5.74) is 11.7. The number of aromatic nitrogens is 2. The van der Waals surface area contributed by atoms with Crippen LogP contribution in [0.15, 0.2) is 48.7 Å². The van der Waals surface area contributed by atoms with E-state index in [1.807, 2.05) is 12.3 Å². The highest BCUT2D eigenvalue weighted by Gasteiger charge is 2.46. The van der Waals surface area contributed by atoms with Crippen LogP contribution >= 0.6 is 0 Å². The normalized spacial score (nSPS) is 27.1. The molecule has 7 heterocycles. The molecule has 0 unspecified atom stereocenters. The second kappa shape index (κ2) is 20.5. The number of hydrogen-bond donors (Lipinski definition) is 3. The Morgan fingerprint density at radius 1 is 0.878 bits per heavy atom. The van der Waals surface area contributed by atoms with E-state index in [4.69, 9.17) is 19.2 Å². The largest absolute Gasteiger partial charge is 0.492 e. The van der Waals surface area contributed by atoms with E-state index in [9.17, 15) is 14.4 Å². The van der Waals surface area contributed by atoms with E-state index in [2.05, 4.69) is 101 Å². The van der Waals surface area contributed by atoms with E-state index in [0.717, 1.165) is 101 Å². The monoisotopic (exact) mass is 1010 g/mol. The molecule has 0 radical (unpaired) electrons. The molecular weight excluding hydrogens is 935 g/mol. The summed E-state index contributed by atoms with van der Waals surface area (Å²) in [4.78, 5) is 70.7. The molecule has 7 atom stereocenters. The second-order valence-electron chi connectivity index (χ2n) is 23.3. The number of piperazine rings is 1. The van der Waals surface area contributed by atoms with Gasteiger partial charge in [-0.05, 0) is 136 Å². The van der Waals surface area contributed by atoms with Crippen LogP contribution in [0, 0.1) is 23.2 Å². The lowest BCUT2D eigenvalue weighted by molar-refractivity contribution is -0.155. The molecular formula is C58H77N9O7. The summed E-state index contributed by atoms with van der Waals surface area (Å²) < 4.78 is 21.5. The summed E-state index contributed by atoms with van der Waals surface area (Å²) in [5, 5.41) is 9.32. The number of cyclic esters (lactones) is 1. The number of anilines is 1. The molecule has 5 fully saturated rings. The van der Waals surface area contributed by atoms with Crippen molar-refractivity contribution in [2.45, 2.75) is 135 Å². The summed E-state index contributed by atoms with van der Waals surface area (Å²) in [6.45, 7) is 16.7. The molecule has 0 spiro atoms. The van der Waals surface area contributed by atoms with Gasteiger partial charge in [-0.25, -0.2) is 5.43 Å². The SMILES string of the molecule is CCn1c(-c2cc(N3CCN(C4CC4)CC3)cnc2[C@H](C)OC)c2c3cc(ccc31)-c1cc3cc(c1)OC[C@H]1NCC[C@@H]1C(=O)N(C)[C@@H]([C@H](C)C1CC1)C(=O)N[C@@H](C3)C(=O)N1CCC[C@H](N1)C(=O)OCC(C)(C)C2. The molecule has 4 aromatic rings. The van der Waals surface area contributed by atoms with Crippen LogP contribution in [-0.4, -0.2) is 145 Å². The number of likely N-dealkylation sites (N-methyl/N-ethyl adjacent to an activating group) is 1.